The summed E-state index contributed by atoms with van der Waals surface area (Å²) in [5.41, 5.74) is 4.99. The summed E-state index contributed by atoms with van der Waals surface area (Å²) in [7, 11) is 2.02. The molecule has 0 spiro atoms. The van der Waals surface area contributed by atoms with Crippen LogP contribution in [-0.2, 0) is 12.8 Å². The first kappa shape index (κ1) is 18.9. The van der Waals surface area contributed by atoms with Crippen molar-refractivity contribution in [2.45, 2.75) is 57.6 Å². The van der Waals surface area contributed by atoms with Crippen molar-refractivity contribution in [2.24, 2.45) is 0 Å². The standard InChI is InChI=1S/C22H28N4O2/c1-14-11-15(7-9-23-14)12-16-13-19(24-21-17(16)8-10-26(21)2)22(28)25-18-5-3-4-6-20(18)27/h7,9,11,13,18,20,27H,3-6,8,10,12H2,1-2H3,(H,25,28). The van der Waals surface area contributed by atoms with E-state index in [4.69, 9.17) is 0 Å². The highest BCUT2D eigenvalue weighted by molar-refractivity contribution is 5.93. The van der Waals surface area contributed by atoms with Gasteiger partial charge in [0.05, 0.1) is 12.1 Å². The van der Waals surface area contributed by atoms with Crippen LogP contribution in [0.25, 0.3) is 0 Å². The molecule has 1 aliphatic carbocycles. The van der Waals surface area contributed by atoms with Crippen LogP contribution in [0.1, 0.15) is 58.6 Å². The molecular formula is C22H28N4O2. The molecule has 6 nitrogen and oxygen atoms in total. The van der Waals surface area contributed by atoms with Crippen LogP contribution >= 0.6 is 0 Å². The van der Waals surface area contributed by atoms with Crippen molar-refractivity contribution in [3.05, 3.63) is 52.5 Å². The lowest BCUT2D eigenvalue weighted by Crippen LogP contribution is -2.45. The third-order valence-electron chi connectivity index (χ3n) is 5.89. The average Bonchev–Trinajstić information content (AvgIpc) is 3.05. The minimum absolute atomic E-state index is 0.180. The highest BCUT2D eigenvalue weighted by Crippen LogP contribution is 2.30. The van der Waals surface area contributed by atoms with E-state index in [2.05, 4.69) is 26.3 Å². The van der Waals surface area contributed by atoms with Gasteiger partial charge in [0.2, 0.25) is 0 Å². The molecule has 0 radical (unpaired) electrons. The quantitative estimate of drug-likeness (QED) is 0.852. The predicted octanol–water partition coefficient (Wildman–Crippen LogP) is 2.40. The minimum Gasteiger partial charge on any atom is -0.391 e. The fraction of sp³-hybridized carbons (Fsp3) is 0.500. The van der Waals surface area contributed by atoms with Crippen molar-refractivity contribution >= 4 is 11.7 Å². The molecule has 2 aliphatic rings. The second-order valence-electron chi connectivity index (χ2n) is 8.05. The number of carbonyl (C=O) groups excluding carboxylic acids is 1. The van der Waals surface area contributed by atoms with Gasteiger partial charge in [0.15, 0.2) is 0 Å². The van der Waals surface area contributed by atoms with E-state index >= 15 is 0 Å². The number of pyridine rings is 2. The second-order valence-corrected chi connectivity index (χ2v) is 8.05. The average molecular weight is 380 g/mol. The number of fused-ring (bicyclic) bond motifs is 1. The number of likely N-dealkylation sites (N-methyl/N-ethyl adjacent to an activating group) is 1. The Morgan fingerprint density at radius 2 is 2.14 bits per heavy atom. The lowest BCUT2D eigenvalue weighted by atomic mass is 9.92. The smallest absolute Gasteiger partial charge is 0.270 e. The first-order valence-electron chi connectivity index (χ1n) is 10.2. The van der Waals surface area contributed by atoms with Gasteiger partial charge in [0.1, 0.15) is 11.5 Å². The van der Waals surface area contributed by atoms with Gasteiger partial charge in [0.25, 0.3) is 5.91 Å². The van der Waals surface area contributed by atoms with Gasteiger partial charge in [-0.05, 0) is 61.9 Å². The zero-order chi connectivity index (χ0) is 19.7. The van der Waals surface area contributed by atoms with Gasteiger partial charge >= 0.3 is 0 Å². The summed E-state index contributed by atoms with van der Waals surface area (Å²) in [6, 6.07) is 5.86. The Kier molecular flexibility index (Phi) is 5.31. The van der Waals surface area contributed by atoms with Crippen LogP contribution in [0.3, 0.4) is 0 Å². The molecule has 0 saturated heterocycles. The molecular weight excluding hydrogens is 352 g/mol. The van der Waals surface area contributed by atoms with E-state index < -0.39 is 6.10 Å². The Bertz CT molecular complexity index is 883. The van der Waals surface area contributed by atoms with Crippen LogP contribution in [0.2, 0.25) is 0 Å². The van der Waals surface area contributed by atoms with Crippen molar-refractivity contribution in [1.82, 2.24) is 15.3 Å². The van der Waals surface area contributed by atoms with E-state index in [9.17, 15) is 9.90 Å². The highest BCUT2D eigenvalue weighted by atomic mass is 16.3. The fourth-order valence-corrected chi connectivity index (χ4v) is 4.31. The largest absolute Gasteiger partial charge is 0.391 e. The Labute approximate surface area is 166 Å². The van der Waals surface area contributed by atoms with Gasteiger partial charge in [-0.1, -0.05) is 12.8 Å². The molecule has 2 N–H and O–H groups in total. The number of anilines is 1. The fourth-order valence-electron chi connectivity index (χ4n) is 4.31. The molecule has 1 saturated carbocycles. The highest BCUT2D eigenvalue weighted by Gasteiger charge is 2.28. The van der Waals surface area contributed by atoms with Gasteiger partial charge in [-0.15, -0.1) is 0 Å². The maximum atomic E-state index is 12.9. The van der Waals surface area contributed by atoms with Gasteiger partial charge in [0, 0.05) is 31.0 Å². The van der Waals surface area contributed by atoms with Gasteiger partial charge in [-0.25, -0.2) is 4.98 Å². The van der Waals surface area contributed by atoms with E-state index in [0.29, 0.717) is 5.69 Å². The molecule has 3 heterocycles. The van der Waals surface area contributed by atoms with Crippen molar-refractivity contribution in [3.63, 3.8) is 0 Å². The second kappa shape index (κ2) is 7.87. The SMILES string of the molecule is Cc1cc(Cc2cc(C(=O)NC3CCCCC3O)nc3c2CCN3C)ccn1. The monoisotopic (exact) mass is 380 g/mol. The lowest BCUT2D eigenvalue weighted by Gasteiger charge is -2.28. The minimum atomic E-state index is -0.464. The molecule has 1 amide bonds. The third kappa shape index (κ3) is 3.87. The number of nitrogens with zero attached hydrogens (tertiary/aromatic N) is 3. The number of carbonyl (C=O) groups is 1. The van der Waals surface area contributed by atoms with Crippen LogP contribution in [0.5, 0.6) is 0 Å². The van der Waals surface area contributed by atoms with E-state index in [0.717, 1.165) is 62.1 Å². The van der Waals surface area contributed by atoms with E-state index in [1.165, 1.54) is 11.1 Å². The summed E-state index contributed by atoms with van der Waals surface area (Å²) < 4.78 is 0. The van der Waals surface area contributed by atoms with Crippen molar-refractivity contribution in [3.8, 4) is 0 Å². The molecule has 2 aromatic rings. The number of aliphatic hydroxyl groups is 1. The molecule has 2 unspecified atom stereocenters. The molecule has 0 bridgehead atoms. The van der Waals surface area contributed by atoms with Crippen LogP contribution in [0, 0.1) is 6.92 Å². The Balaban J connectivity index is 1.62. The molecule has 0 aromatic carbocycles. The van der Waals surface area contributed by atoms with E-state index in [1.807, 2.05) is 32.3 Å². The van der Waals surface area contributed by atoms with Crippen LogP contribution in [0.15, 0.2) is 24.4 Å². The van der Waals surface area contributed by atoms with Crippen molar-refractivity contribution in [1.29, 1.82) is 0 Å². The van der Waals surface area contributed by atoms with Crippen molar-refractivity contribution in [2.75, 3.05) is 18.5 Å². The molecule has 4 rings (SSSR count). The number of hydrogen-bond acceptors (Lipinski definition) is 5. The summed E-state index contributed by atoms with van der Waals surface area (Å²) in [4.78, 5) is 24.0. The number of rotatable bonds is 4. The van der Waals surface area contributed by atoms with Gasteiger partial charge in [-0.2, -0.15) is 0 Å². The Morgan fingerprint density at radius 3 is 2.93 bits per heavy atom. The van der Waals surface area contributed by atoms with E-state index in [1.54, 1.807) is 0 Å². The summed E-state index contributed by atoms with van der Waals surface area (Å²) in [5.74, 6) is 0.707. The normalized spacial score (nSPS) is 21.5. The number of aromatic nitrogens is 2. The number of amides is 1. The maximum Gasteiger partial charge on any atom is 0.270 e. The topological polar surface area (TPSA) is 78.3 Å². The summed E-state index contributed by atoms with van der Waals surface area (Å²) >= 11 is 0. The Morgan fingerprint density at radius 1 is 1.32 bits per heavy atom. The number of aliphatic hydroxyl groups excluding tert-OH is 1. The van der Waals surface area contributed by atoms with E-state index in [-0.39, 0.29) is 11.9 Å². The zero-order valence-electron chi connectivity index (χ0n) is 16.6. The predicted molar refractivity (Wildman–Crippen MR) is 109 cm³/mol. The molecule has 1 aliphatic heterocycles. The molecule has 2 atom stereocenters. The number of nitrogens with one attached hydrogen (secondary N) is 1. The number of hydrogen-bond donors (Lipinski definition) is 2. The molecule has 2 aromatic heterocycles. The lowest BCUT2D eigenvalue weighted by molar-refractivity contribution is 0.0714. The summed E-state index contributed by atoms with van der Waals surface area (Å²) in [6.45, 7) is 2.90. The number of aryl methyl sites for hydroxylation is 1. The van der Waals surface area contributed by atoms with Gasteiger partial charge in [-0.3, -0.25) is 9.78 Å². The van der Waals surface area contributed by atoms with Crippen LogP contribution in [-0.4, -0.2) is 46.7 Å². The van der Waals surface area contributed by atoms with Crippen molar-refractivity contribution < 1.29 is 9.90 Å². The molecule has 6 heteroatoms. The van der Waals surface area contributed by atoms with Crippen LogP contribution in [0.4, 0.5) is 5.82 Å². The molecule has 28 heavy (non-hydrogen) atoms. The third-order valence-corrected chi connectivity index (χ3v) is 5.89. The first-order valence-corrected chi connectivity index (χ1v) is 10.2. The Hall–Kier alpha value is -2.47. The van der Waals surface area contributed by atoms with Gasteiger partial charge < -0.3 is 15.3 Å². The summed E-state index contributed by atoms with van der Waals surface area (Å²) in [5, 5.41) is 13.2. The molecule has 1 fully saturated rings. The summed E-state index contributed by atoms with van der Waals surface area (Å²) in [6.07, 6.45) is 6.69. The van der Waals surface area contributed by atoms with Crippen LogP contribution < -0.4 is 10.2 Å². The molecule has 148 valence electrons. The first-order chi connectivity index (χ1) is 13.5. The maximum absolute atomic E-state index is 12.9. The zero-order valence-corrected chi connectivity index (χ0v) is 16.6.